The van der Waals surface area contributed by atoms with Crippen molar-refractivity contribution < 1.29 is 14.5 Å². The molecule has 1 aromatic rings. The Morgan fingerprint density at radius 2 is 1.92 bits per heavy atom. The maximum Gasteiger partial charge on any atom is 0.323 e. The van der Waals surface area contributed by atoms with Gasteiger partial charge in [0.1, 0.15) is 12.1 Å². The van der Waals surface area contributed by atoms with E-state index in [1.54, 1.807) is 6.92 Å². The minimum atomic E-state index is -0.887. The molecule has 6 nitrogen and oxygen atoms in total. The van der Waals surface area contributed by atoms with E-state index in [-0.39, 0.29) is 11.5 Å². The third kappa shape index (κ3) is 3.84. The lowest BCUT2D eigenvalue weighted by Gasteiger charge is -2.31. The topological polar surface area (TPSA) is 81.5 Å². The second-order valence-corrected chi connectivity index (χ2v) is 7.59. The zero-order valence-corrected chi connectivity index (χ0v) is 15.6. The summed E-state index contributed by atoms with van der Waals surface area (Å²) >= 11 is 0. The molecular weight excluding hydrogens is 320 g/mol. The molecule has 4 atom stereocenters. The average molecular weight is 348 g/mol. The molecule has 0 bridgehead atoms. The average Bonchev–Trinajstić information content (AvgIpc) is 2.96. The smallest absolute Gasteiger partial charge is 0.323 e. The first kappa shape index (κ1) is 19.4. The number of benzene rings is 1. The van der Waals surface area contributed by atoms with Gasteiger partial charge >= 0.3 is 5.97 Å². The standard InChI is InChI=1S/C19H28N2O4/c1-6-12-10-8-9-11-13(12)15-17(21(23)24)14(19(3,4)5)16(20-15)18(22)25-7-2/h8-11,14-17,20H,6-7H2,1-5H3/t14-,15+,16+,17+/m1/s1. The SMILES string of the molecule is CCOC(=O)[C@H]1N[C@@H](c2ccccc2CC)[C@@H]([N+](=O)[O-])[C@@H]1C(C)(C)C. The Morgan fingerprint density at radius 1 is 1.28 bits per heavy atom. The zero-order chi connectivity index (χ0) is 18.8. The Hall–Kier alpha value is -1.95. The van der Waals surface area contributed by atoms with Crippen LogP contribution in [0, 0.1) is 21.4 Å². The van der Waals surface area contributed by atoms with Gasteiger partial charge in [-0.2, -0.15) is 0 Å². The summed E-state index contributed by atoms with van der Waals surface area (Å²) in [4.78, 5) is 24.2. The van der Waals surface area contributed by atoms with Crippen LogP contribution in [0.15, 0.2) is 24.3 Å². The number of carbonyl (C=O) groups excluding carboxylic acids is 1. The van der Waals surface area contributed by atoms with E-state index < -0.39 is 35.4 Å². The van der Waals surface area contributed by atoms with Crippen LogP contribution in [-0.2, 0) is 16.0 Å². The fraction of sp³-hybridized carbons (Fsp3) is 0.632. The first-order valence-corrected chi connectivity index (χ1v) is 8.86. The van der Waals surface area contributed by atoms with Crippen LogP contribution in [0.4, 0.5) is 0 Å². The highest BCUT2D eigenvalue weighted by Gasteiger charge is 2.58. The molecule has 1 N–H and O–H groups in total. The van der Waals surface area contributed by atoms with E-state index >= 15 is 0 Å². The van der Waals surface area contributed by atoms with Crippen LogP contribution < -0.4 is 5.32 Å². The van der Waals surface area contributed by atoms with Gasteiger partial charge in [-0.15, -0.1) is 0 Å². The largest absolute Gasteiger partial charge is 0.465 e. The Morgan fingerprint density at radius 3 is 2.44 bits per heavy atom. The summed E-state index contributed by atoms with van der Waals surface area (Å²) in [6.07, 6.45) is 0.781. The number of nitrogens with one attached hydrogen (secondary N) is 1. The van der Waals surface area contributed by atoms with Gasteiger partial charge in [0.15, 0.2) is 0 Å². The van der Waals surface area contributed by atoms with E-state index in [4.69, 9.17) is 4.74 Å². The van der Waals surface area contributed by atoms with Crippen LogP contribution in [0.5, 0.6) is 0 Å². The third-order valence-electron chi connectivity index (χ3n) is 4.98. The van der Waals surface area contributed by atoms with Gasteiger partial charge in [-0.3, -0.25) is 20.2 Å². The molecular formula is C19H28N2O4. The fourth-order valence-corrected chi connectivity index (χ4v) is 3.95. The van der Waals surface area contributed by atoms with E-state index in [0.717, 1.165) is 17.5 Å². The molecule has 1 aliphatic heterocycles. The summed E-state index contributed by atoms with van der Waals surface area (Å²) in [5, 5.41) is 15.2. The van der Waals surface area contributed by atoms with Crippen LogP contribution in [-0.4, -0.2) is 29.6 Å². The molecule has 6 heteroatoms. The lowest BCUT2D eigenvalue weighted by molar-refractivity contribution is -0.535. The Bertz CT molecular complexity index is 639. The molecule has 0 saturated carbocycles. The van der Waals surface area contributed by atoms with E-state index in [1.807, 2.05) is 52.0 Å². The van der Waals surface area contributed by atoms with E-state index in [0.29, 0.717) is 0 Å². The summed E-state index contributed by atoms with van der Waals surface area (Å²) in [6, 6.07) is 5.63. The monoisotopic (exact) mass is 348 g/mol. The molecule has 2 rings (SSSR count). The highest BCUT2D eigenvalue weighted by atomic mass is 16.6. The molecule has 25 heavy (non-hydrogen) atoms. The predicted octanol–water partition coefficient (Wildman–Crippen LogP) is 3.13. The molecule has 0 spiro atoms. The predicted molar refractivity (Wildman–Crippen MR) is 95.8 cm³/mol. The number of ether oxygens (including phenoxy) is 1. The van der Waals surface area contributed by atoms with Gasteiger partial charge in [0.05, 0.1) is 12.5 Å². The number of nitrogens with zero attached hydrogens (tertiary/aromatic N) is 1. The Labute approximate surface area is 149 Å². The van der Waals surface area contributed by atoms with Gasteiger partial charge in [-0.25, -0.2) is 0 Å². The molecule has 0 radical (unpaired) electrons. The highest BCUT2D eigenvalue weighted by molar-refractivity contribution is 5.77. The molecule has 1 fully saturated rings. The van der Waals surface area contributed by atoms with Gasteiger partial charge in [0.25, 0.3) is 0 Å². The summed E-state index contributed by atoms with van der Waals surface area (Å²) in [5.74, 6) is -0.873. The fourth-order valence-electron chi connectivity index (χ4n) is 3.95. The number of aryl methyl sites for hydroxylation is 1. The summed E-state index contributed by atoms with van der Waals surface area (Å²) < 4.78 is 5.20. The van der Waals surface area contributed by atoms with Crippen molar-refractivity contribution in [2.45, 2.75) is 59.2 Å². The molecule has 138 valence electrons. The Kier molecular flexibility index (Phi) is 5.83. The van der Waals surface area contributed by atoms with Crippen LogP contribution >= 0.6 is 0 Å². The van der Waals surface area contributed by atoms with Crippen LogP contribution in [0.1, 0.15) is 51.8 Å². The molecule has 1 aromatic carbocycles. The van der Waals surface area contributed by atoms with Crippen molar-refractivity contribution >= 4 is 5.97 Å². The molecule has 0 aromatic heterocycles. The first-order valence-electron chi connectivity index (χ1n) is 8.86. The van der Waals surface area contributed by atoms with Crippen molar-refractivity contribution in [1.82, 2.24) is 5.32 Å². The van der Waals surface area contributed by atoms with Crippen molar-refractivity contribution in [2.24, 2.45) is 11.3 Å². The van der Waals surface area contributed by atoms with Crippen molar-refractivity contribution in [1.29, 1.82) is 0 Å². The maximum absolute atomic E-state index is 12.5. The van der Waals surface area contributed by atoms with E-state index in [9.17, 15) is 14.9 Å². The summed E-state index contributed by atoms with van der Waals surface area (Å²) in [6.45, 7) is 9.85. The second-order valence-electron chi connectivity index (χ2n) is 7.59. The molecule has 1 heterocycles. The number of nitro groups is 1. The number of carbonyl (C=O) groups is 1. The van der Waals surface area contributed by atoms with Gasteiger partial charge in [0, 0.05) is 4.92 Å². The number of hydrogen-bond acceptors (Lipinski definition) is 5. The molecule has 0 amide bonds. The maximum atomic E-state index is 12.5. The lowest BCUT2D eigenvalue weighted by Crippen LogP contribution is -2.45. The normalized spacial score (nSPS) is 26.4. The molecule has 0 aliphatic carbocycles. The van der Waals surface area contributed by atoms with Crippen LogP contribution in [0.25, 0.3) is 0 Å². The summed E-state index contributed by atoms with van der Waals surface area (Å²) in [5.41, 5.74) is 1.54. The molecule has 1 aliphatic rings. The second kappa shape index (κ2) is 7.52. The van der Waals surface area contributed by atoms with E-state index in [2.05, 4.69) is 5.32 Å². The Balaban J connectivity index is 2.53. The number of hydrogen-bond donors (Lipinski definition) is 1. The minimum Gasteiger partial charge on any atom is -0.465 e. The van der Waals surface area contributed by atoms with Gasteiger partial charge in [-0.05, 0) is 29.9 Å². The lowest BCUT2D eigenvalue weighted by atomic mass is 9.72. The van der Waals surface area contributed by atoms with Crippen LogP contribution in [0.3, 0.4) is 0 Å². The van der Waals surface area contributed by atoms with Gasteiger partial charge in [-0.1, -0.05) is 52.0 Å². The van der Waals surface area contributed by atoms with Crippen LogP contribution in [0.2, 0.25) is 0 Å². The number of rotatable bonds is 5. The van der Waals surface area contributed by atoms with Gasteiger partial charge < -0.3 is 4.74 Å². The van der Waals surface area contributed by atoms with Crippen molar-refractivity contribution in [3.05, 3.63) is 45.5 Å². The van der Waals surface area contributed by atoms with Crippen molar-refractivity contribution in [3.63, 3.8) is 0 Å². The molecule has 1 saturated heterocycles. The zero-order valence-electron chi connectivity index (χ0n) is 15.6. The minimum absolute atomic E-state index is 0.237. The van der Waals surface area contributed by atoms with E-state index in [1.165, 1.54) is 0 Å². The van der Waals surface area contributed by atoms with Crippen molar-refractivity contribution in [2.75, 3.05) is 6.61 Å². The number of esters is 1. The van der Waals surface area contributed by atoms with Crippen molar-refractivity contribution in [3.8, 4) is 0 Å². The van der Waals surface area contributed by atoms with Gasteiger partial charge in [0.2, 0.25) is 6.04 Å². The third-order valence-corrected chi connectivity index (χ3v) is 4.98. The highest BCUT2D eigenvalue weighted by Crippen LogP contribution is 2.44. The summed E-state index contributed by atoms with van der Waals surface area (Å²) in [7, 11) is 0. The first-order chi connectivity index (χ1) is 11.7. The molecule has 0 unspecified atom stereocenters. The quantitative estimate of drug-likeness (QED) is 0.502.